The van der Waals surface area contributed by atoms with Crippen molar-refractivity contribution in [3.05, 3.63) is 22.4 Å². The van der Waals surface area contributed by atoms with Crippen LogP contribution in [0.5, 0.6) is 0 Å². The van der Waals surface area contributed by atoms with Crippen LogP contribution in [0.4, 0.5) is 0 Å². The summed E-state index contributed by atoms with van der Waals surface area (Å²) in [5.74, 6) is 0.271. The molecule has 3 rings (SSSR count). The number of hydrogen-bond donors (Lipinski definition) is 0. The molecular formula is C15H20N2O2S. The molecule has 0 N–H and O–H groups in total. The summed E-state index contributed by atoms with van der Waals surface area (Å²) in [5, 5.41) is 2.02. The van der Waals surface area contributed by atoms with Crippen LogP contribution in [0.3, 0.4) is 0 Å². The van der Waals surface area contributed by atoms with Crippen molar-refractivity contribution in [1.29, 1.82) is 0 Å². The van der Waals surface area contributed by atoms with Gasteiger partial charge in [0.2, 0.25) is 11.8 Å². The van der Waals surface area contributed by atoms with Crippen molar-refractivity contribution in [3.63, 3.8) is 0 Å². The Hall–Kier alpha value is -1.36. The number of carbonyl (C=O) groups excluding carboxylic acids is 2. The second-order valence-electron chi connectivity index (χ2n) is 5.55. The first-order valence-electron chi connectivity index (χ1n) is 7.31. The monoisotopic (exact) mass is 292 g/mol. The number of piperazine rings is 1. The topological polar surface area (TPSA) is 40.6 Å². The van der Waals surface area contributed by atoms with Crippen molar-refractivity contribution in [2.24, 2.45) is 0 Å². The molecule has 0 saturated carbocycles. The third-order valence-electron chi connectivity index (χ3n) is 4.46. The van der Waals surface area contributed by atoms with Crippen molar-refractivity contribution in [3.8, 4) is 0 Å². The Morgan fingerprint density at radius 2 is 2.20 bits per heavy atom. The van der Waals surface area contributed by atoms with Gasteiger partial charge in [-0.3, -0.25) is 9.59 Å². The quantitative estimate of drug-likeness (QED) is 0.858. The van der Waals surface area contributed by atoms with E-state index in [2.05, 4.69) is 0 Å². The first-order chi connectivity index (χ1) is 9.65. The van der Waals surface area contributed by atoms with Gasteiger partial charge in [0.15, 0.2) is 0 Å². The highest BCUT2D eigenvalue weighted by Crippen LogP contribution is 2.35. The van der Waals surface area contributed by atoms with Crippen molar-refractivity contribution < 1.29 is 9.59 Å². The average molecular weight is 292 g/mol. The van der Waals surface area contributed by atoms with Gasteiger partial charge in [0.1, 0.15) is 12.1 Å². The lowest BCUT2D eigenvalue weighted by atomic mass is 10.0. The lowest BCUT2D eigenvalue weighted by Gasteiger charge is -2.44. The Kier molecular flexibility index (Phi) is 3.54. The van der Waals surface area contributed by atoms with Gasteiger partial charge >= 0.3 is 0 Å². The zero-order valence-electron chi connectivity index (χ0n) is 11.9. The molecule has 4 nitrogen and oxygen atoms in total. The van der Waals surface area contributed by atoms with Gasteiger partial charge in [-0.05, 0) is 37.6 Å². The van der Waals surface area contributed by atoms with Crippen molar-refractivity contribution in [1.82, 2.24) is 9.80 Å². The molecule has 0 spiro atoms. The van der Waals surface area contributed by atoms with Gasteiger partial charge in [-0.15, -0.1) is 11.3 Å². The molecule has 0 radical (unpaired) electrons. The van der Waals surface area contributed by atoms with E-state index in [9.17, 15) is 9.59 Å². The Morgan fingerprint density at radius 1 is 1.40 bits per heavy atom. The average Bonchev–Trinajstić information content (AvgIpc) is 3.12. The molecule has 3 heterocycles. The fraction of sp³-hybridized carbons (Fsp3) is 0.600. The molecule has 2 fully saturated rings. The van der Waals surface area contributed by atoms with Crippen LogP contribution in [0.2, 0.25) is 0 Å². The minimum Gasteiger partial charge on any atom is -0.329 e. The minimum atomic E-state index is -0.297. The van der Waals surface area contributed by atoms with E-state index in [0.29, 0.717) is 6.42 Å². The third kappa shape index (κ3) is 1.95. The van der Waals surface area contributed by atoms with Crippen molar-refractivity contribution >= 4 is 23.2 Å². The highest BCUT2D eigenvalue weighted by molar-refractivity contribution is 7.10. The van der Waals surface area contributed by atoms with E-state index in [-0.39, 0.29) is 29.9 Å². The number of fused-ring (bicyclic) bond motifs is 1. The van der Waals surface area contributed by atoms with Gasteiger partial charge in [0.25, 0.3) is 0 Å². The molecule has 0 bridgehead atoms. The minimum absolute atomic E-state index is 0.0147. The highest BCUT2D eigenvalue weighted by Gasteiger charge is 2.48. The fourth-order valence-corrected chi connectivity index (χ4v) is 4.20. The molecule has 0 aliphatic carbocycles. The predicted octanol–water partition coefficient (Wildman–Crippen LogP) is 2.42. The SMILES string of the molecule is CCC1C(=O)N2CCCC2C(=O)N1C(C)c1cccs1. The van der Waals surface area contributed by atoms with Crippen molar-refractivity contribution in [2.45, 2.75) is 51.2 Å². The first-order valence-corrected chi connectivity index (χ1v) is 8.19. The summed E-state index contributed by atoms with van der Waals surface area (Å²) in [6.07, 6.45) is 2.44. The normalized spacial score (nSPS) is 27.9. The van der Waals surface area contributed by atoms with Crippen LogP contribution >= 0.6 is 11.3 Å². The molecule has 20 heavy (non-hydrogen) atoms. The number of nitrogens with zero attached hydrogens (tertiary/aromatic N) is 2. The van der Waals surface area contributed by atoms with E-state index < -0.39 is 0 Å². The van der Waals surface area contributed by atoms with E-state index in [1.54, 1.807) is 16.2 Å². The molecule has 1 aromatic rings. The molecule has 0 aromatic carbocycles. The third-order valence-corrected chi connectivity index (χ3v) is 5.50. The van der Waals surface area contributed by atoms with Gasteiger partial charge < -0.3 is 9.80 Å². The van der Waals surface area contributed by atoms with Crippen LogP contribution in [0.15, 0.2) is 17.5 Å². The van der Waals surface area contributed by atoms with Crippen LogP contribution in [-0.2, 0) is 9.59 Å². The van der Waals surface area contributed by atoms with Crippen molar-refractivity contribution in [2.75, 3.05) is 6.54 Å². The Morgan fingerprint density at radius 3 is 2.85 bits per heavy atom. The van der Waals surface area contributed by atoms with Gasteiger partial charge in [0, 0.05) is 11.4 Å². The smallest absolute Gasteiger partial charge is 0.246 e. The van der Waals surface area contributed by atoms with Crippen LogP contribution in [-0.4, -0.2) is 40.2 Å². The molecule has 2 aliphatic heterocycles. The van der Waals surface area contributed by atoms with E-state index in [1.165, 1.54) is 0 Å². The lowest BCUT2D eigenvalue weighted by Crippen LogP contribution is -2.62. The zero-order chi connectivity index (χ0) is 14.3. The maximum absolute atomic E-state index is 12.8. The molecule has 2 aliphatic rings. The standard InChI is InChI=1S/C15H20N2O2S/c1-3-11-14(18)16-8-4-6-12(16)15(19)17(11)10(2)13-7-5-9-20-13/h5,7,9-12H,3-4,6,8H2,1-2H3. The summed E-state index contributed by atoms with van der Waals surface area (Å²) in [7, 11) is 0. The number of carbonyl (C=O) groups is 2. The highest BCUT2D eigenvalue weighted by atomic mass is 32.1. The molecule has 3 unspecified atom stereocenters. The lowest BCUT2D eigenvalue weighted by molar-refractivity contribution is -0.162. The zero-order valence-corrected chi connectivity index (χ0v) is 12.7. The van der Waals surface area contributed by atoms with E-state index >= 15 is 0 Å². The maximum Gasteiger partial charge on any atom is 0.246 e. The molecule has 2 saturated heterocycles. The number of thiophene rings is 1. The second-order valence-corrected chi connectivity index (χ2v) is 6.53. The number of amides is 2. The van der Waals surface area contributed by atoms with Gasteiger partial charge in [-0.25, -0.2) is 0 Å². The molecular weight excluding hydrogens is 272 g/mol. The first kappa shape index (κ1) is 13.6. The molecule has 3 atom stereocenters. The largest absolute Gasteiger partial charge is 0.329 e. The molecule has 5 heteroatoms. The summed E-state index contributed by atoms with van der Waals surface area (Å²) < 4.78 is 0. The number of rotatable bonds is 3. The summed E-state index contributed by atoms with van der Waals surface area (Å²) in [6.45, 7) is 4.76. The molecule has 2 amide bonds. The fourth-order valence-electron chi connectivity index (χ4n) is 3.42. The molecule has 1 aromatic heterocycles. The summed E-state index contributed by atoms with van der Waals surface area (Å²) in [4.78, 5) is 30.2. The van der Waals surface area contributed by atoms with Gasteiger partial charge in [-0.1, -0.05) is 13.0 Å². The van der Waals surface area contributed by atoms with Gasteiger partial charge in [-0.2, -0.15) is 0 Å². The van der Waals surface area contributed by atoms with Crippen LogP contribution in [0.1, 0.15) is 44.0 Å². The van der Waals surface area contributed by atoms with Crippen LogP contribution in [0.25, 0.3) is 0 Å². The number of hydrogen-bond acceptors (Lipinski definition) is 3. The Bertz CT molecular complexity index is 514. The summed E-state index contributed by atoms with van der Waals surface area (Å²) >= 11 is 1.65. The van der Waals surface area contributed by atoms with Gasteiger partial charge in [0.05, 0.1) is 6.04 Å². The van der Waals surface area contributed by atoms with Crippen LogP contribution in [0, 0.1) is 0 Å². The Balaban J connectivity index is 1.94. The van der Waals surface area contributed by atoms with E-state index in [4.69, 9.17) is 0 Å². The summed E-state index contributed by atoms with van der Waals surface area (Å²) in [6, 6.07) is 3.51. The Labute approximate surface area is 123 Å². The second kappa shape index (κ2) is 5.20. The maximum atomic E-state index is 12.8. The predicted molar refractivity (Wildman–Crippen MR) is 78.4 cm³/mol. The van der Waals surface area contributed by atoms with Crippen LogP contribution < -0.4 is 0 Å². The van der Waals surface area contributed by atoms with E-state index in [1.807, 2.05) is 36.3 Å². The summed E-state index contributed by atoms with van der Waals surface area (Å²) in [5.41, 5.74) is 0. The molecule has 108 valence electrons. The van der Waals surface area contributed by atoms with E-state index in [0.717, 1.165) is 24.3 Å².